The molecule has 16 heteroatoms. The van der Waals surface area contributed by atoms with Crippen molar-refractivity contribution in [2.24, 2.45) is 0 Å². The van der Waals surface area contributed by atoms with Crippen molar-refractivity contribution in [2.75, 3.05) is 0 Å². The number of hydrogen-bond acceptors (Lipinski definition) is 0. The van der Waals surface area contributed by atoms with Gasteiger partial charge in [0.1, 0.15) is 0 Å². The van der Waals surface area contributed by atoms with Gasteiger partial charge in [0, 0.05) is 0 Å². The van der Waals surface area contributed by atoms with E-state index in [1.54, 1.807) is 12.1 Å². The van der Waals surface area contributed by atoms with Crippen LogP contribution < -0.4 is 0 Å². The topological polar surface area (TPSA) is 0 Å². The van der Waals surface area contributed by atoms with Crippen LogP contribution in [-0.2, 0) is 53.1 Å². The molecule has 0 amide bonds. The Morgan fingerprint density at radius 3 is 1.05 bits per heavy atom. The summed E-state index contributed by atoms with van der Waals surface area (Å²) in [5, 5.41) is 0. The molecule has 0 nitrogen and oxygen atoms in total. The minimum absolute atomic E-state index is 0.112. The zero-order valence-electron chi connectivity index (χ0n) is 37.5. The van der Waals surface area contributed by atoms with Gasteiger partial charge in [-0.1, -0.05) is 0 Å². The van der Waals surface area contributed by atoms with Crippen LogP contribution in [0.25, 0.3) is 34.4 Å². The SMILES string of the molecule is CCCCC1=Cc2c(ccc(CCC)c2-c2cc(C(F)(F)F)cc(C(F)(F)F)c2)[CH]1[Zr]([Cl])([Cl])([CH]1C(CCCC)=Cc2c1ccc(CCC)c2-c1cc(C(F)(F)F)cc(C(F)(F)F)c1)[SiH](C)C. The average molecular weight is 1070 g/mol. The molecule has 359 valence electrons. The molecule has 0 saturated heterocycles. The number of fused-ring (bicyclic) bond motifs is 2. The Bertz CT molecular complexity index is 2300. The van der Waals surface area contributed by atoms with Crippen molar-refractivity contribution in [3.05, 3.63) is 127 Å². The van der Waals surface area contributed by atoms with Crippen LogP contribution in [0.1, 0.15) is 142 Å². The van der Waals surface area contributed by atoms with Crippen LogP contribution in [0.5, 0.6) is 0 Å². The quantitative estimate of drug-likeness (QED) is 0.0822. The third kappa shape index (κ3) is 9.96. The third-order valence-corrected chi connectivity index (χ3v) is 65.2. The molecule has 0 aromatic heterocycles. The van der Waals surface area contributed by atoms with Gasteiger partial charge in [-0.15, -0.1) is 0 Å². The van der Waals surface area contributed by atoms with Crippen molar-refractivity contribution in [3.8, 4) is 22.3 Å². The number of halogens is 14. The summed E-state index contributed by atoms with van der Waals surface area (Å²) in [6.45, 7) is 11.8. The Hall–Kier alpha value is -2.80. The maximum atomic E-state index is 14.4. The molecule has 2 unspecified atom stereocenters. The molecular formula is C50H53Cl2F12SiZr. The van der Waals surface area contributed by atoms with E-state index in [1.165, 1.54) is 0 Å². The van der Waals surface area contributed by atoms with E-state index < -0.39 is 75.7 Å². The molecule has 0 saturated carbocycles. The molecule has 0 radical (unpaired) electrons. The number of hydrogen-bond donors (Lipinski definition) is 0. The normalized spacial score (nSPS) is 17.4. The first-order valence-electron chi connectivity index (χ1n) is 22.5. The van der Waals surface area contributed by atoms with Gasteiger partial charge in [-0.3, -0.25) is 0 Å². The van der Waals surface area contributed by atoms with Crippen LogP contribution in [0.3, 0.4) is 0 Å². The Labute approximate surface area is 387 Å². The van der Waals surface area contributed by atoms with Gasteiger partial charge in [-0.05, 0) is 0 Å². The zero-order valence-corrected chi connectivity index (χ0v) is 42.6. The molecule has 0 bridgehead atoms. The summed E-state index contributed by atoms with van der Waals surface area (Å²) in [4.78, 5) is 0. The van der Waals surface area contributed by atoms with E-state index in [2.05, 4.69) is 0 Å². The zero-order chi connectivity index (χ0) is 49.0. The molecule has 0 spiro atoms. The second-order valence-electron chi connectivity index (χ2n) is 18.2. The minimum atomic E-state index is -5.85. The van der Waals surface area contributed by atoms with Crippen LogP contribution in [0.2, 0.25) is 13.1 Å². The van der Waals surface area contributed by atoms with Gasteiger partial charge in [-0.25, -0.2) is 0 Å². The predicted octanol–water partition coefficient (Wildman–Crippen LogP) is 18.9. The molecule has 6 rings (SSSR count). The monoisotopic (exact) mass is 1070 g/mol. The molecular weight excluding hydrogens is 1020 g/mol. The maximum absolute atomic E-state index is 14.4. The van der Waals surface area contributed by atoms with Crippen molar-refractivity contribution in [1.82, 2.24) is 0 Å². The van der Waals surface area contributed by atoms with Crippen LogP contribution in [0, 0.1) is 0 Å². The summed E-state index contributed by atoms with van der Waals surface area (Å²) in [5.74, 6) is -2.37. The third-order valence-electron chi connectivity index (χ3n) is 13.4. The van der Waals surface area contributed by atoms with Crippen molar-refractivity contribution in [3.63, 3.8) is 0 Å². The summed E-state index contributed by atoms with van der Waals surface area (Å²) in [7, 11) is 17.3. The molecule has 2 atom stereocenters. The predicted molar refractivity (Wildman–Crippen MR) is 243 cm³/mol. The molecule has 0 aliphatic heterocycles. The summed E-state index contributed by atoms with van der Waals surface area (Å²) in [6.07, 6.45) is -11.1. The van der Waals surface area contributed by atoms with Crippen LogP contribution in [0.4, 0.5) is 52.7 Å². The number of unbranched alkanes of at least 4 members (excludes halogenated alkanes) is 2. The Morgan fingerprint density at radius 2 is 0.788 bits per heavy atom. The fraction of sp³-hybridized carbons (Fsp3) is 0.440. The molecule has 2 aliphatic carbocycles. The Morgan fingerprint density at radius 1 is 0.470 bits per heavy atom. The van der Waals surface area contributed by atoms with E-state index in [0.29, 0.717) is 84.7 Å². The van der Waals surface area contributed by atoms with E-state index >= 15 is 0 Å². The van der Waals surface area contributed by atoms with Gasteiger partial charge in [0.05, 0.1) is 0 Å². The van der Waals surface area contributed by atoms with E-state index in [9.17, 15) is 52.7 Å². The van der Waals surface area contributed by atoms with E-state index in [4.69, 9.17) is 17.0 Å². The second kappa shape index (κ2) is 19.2. The van der Waals surface area contributed by atoms with E-state index in [0.717, 1.165) is 48.3 Å². The first kappa shape index (κ1) is 52.6. The van der Waals surface area contributed by atoms with Crippen molar-refractivity contribution in [1.29, 1.82) is 0 Å². The van der Waals surface area contributed by atoms with Crippen LogP contribution in [-0.4, -0.2) is 5.92 Å². The number of allylic oxidation sites excluding steroid dienone is 2. The van der Waals surface area contributed by atoms with Gasteiger partial charge in [0.2, 0.25) is 0 Å². The number of benzene rings is 4. The summed E-state index contributed by atoms with van der Waals surface area (Å²) in [6, 6.07) is 10.5. The molecule has 66 heavy (non-hydrogen) atoms. The van der Waals surface area contributed by atoms with Gasteiger partial charge >= 0.3 is 390 Å². The van der Waals surface area contributed by atoms with Crippen molar-refractivity contribution in [2.45, 2.75) is 137 Å². The molecule has 0 fully saturated rings. The van der Waals surface area contributed by atoms with Crippen molar-refractivity contribution < 1.29 is 68.2 Å². The molecule has 2 aliphatic rings. The fourth-order valence-electron chi connectivity index (χ4n) is 10.3. The molecule has 0 heterocycles. The van der Waals surface area contributed by atoms with Gasteiger partial charge in [0.15, 0.2) is 0 Å². The molecule has 0 N–H and O–H groups in total. The summed E-state index contributed by atoms with van der Waals surface area (Å²) < 4.78 is 171. The van der Waals surface area contributed by atoms with E-state index in [1.807, 2.05) is 65.1 Å². The van der Waals surface area contributed by atoms with Gasteiger partial charge in [0.25, 0.3) is 0 Å². The Kier molecular flexibility index (Phi) is 15.3. The Balaban J connectivity index is 1.71. The van der Waals surface area contributed by atoms with Gasteiger partial charge in [-0.2, -0.15) is 0 Å². The van der Waals surface area contributed by atoms with Crippen molar-refractivity contribution >= 4 is 35.1 Å². The second-order valence-corrected chi connectivity index (χ2v) is 60.7. The molecule has 4 aromatic carbocycles. The van der Waals surface area contributed by atoms with Crippen LogP contribution >= 0.6 is 17.0 Å². The molecule has 4 aromatic rings. The number of alkyl halides is 12. The first-order valence-corrected chi connectivity index (χ1v) is 38.8. The van der Waals surface area contributed by atoms with E-state index in [-0.39, 0.29) is 34.4 Å². The first-order chi connectivity index (χ1) is 30.6. The van der Waals surface area contributed by atoms with Crippen LogP contribution in [0.15, 0.2) is 71.8 Å². The number of rotatable bonds is 15. The summed E-state index contributed by atoms with van der Waals surface area (Å²) >= 11 is -5.85. The summed E-state index contributed by atoms with van der Waals surface area (Å²) in [5.41, 5.74) is -0.899. The fourth-order valence-corrected chi connectivity index (χ4v) is 41.8. The average Bonchev–Trinajstić information content (AvgIpc) is 3.80. The van der Waals surface area contributed by atoms with Gasteiger partial charge < -0.3 is 0 Å². The standard InChI is InChI=1S/2C24H23F6.C2H7Si.2ClH.Zr/c2*1-3-5-7-15-10-17-9-8-16(6-4-2)22(21(17)11-15)18-12-19(23(25,26)27)14-20(13-18)24(28,29)30;1-3-2;;;/h2*8-14H,3-7H2,1-2H3;3H,1-2H3;2*1H;/q;;;;;+2/p-2. The number of aryl methyl sites for hydroxylation is 2.